The molecule has 0 amide bonds. The standard InChI is InChI=1S/C14H14FNO2/c15-10-4-5-12-9(7-10)8-13(18-12)14(17)11-3-1-2-6-16-11/h4-5,7-8,11,16H,1-3,6H2. The van der Waals surface area contributed by atoms with Crippen LogP contribution in [0.25, 0.3) is 11.0 Å². The molecule has 1 atom stereocenters. The van der Waals surface area contributed by atoms with Gasteiger partial charge in [-0.05, 0) is 43.7 Å². The van der Waals surface area contributed by atoms with Crippen molar-refractivity contribution in [3.8, 4) is 0 Å². The topological polar surface area (TPSA) is 42.2 Å². The van der Waals surface area contributed by atoms with Gasteiger partial charge in [-0.1, -0.05) is 6.42 Å². The second-order valence-corrected chi connectivity index (χ2v) is 4.66. The fourth-order valence-corrected chi connectivity index (χ4v) is 2.38. The lowest BCUT2D eigenvalue weighted by atomic mass is 10.00. The van der Waals surface area contributed by atoms with Crippen LogP contribution in [0.1, 0.15) is 29.8 Å². The summed E-state index contributed by atoms with van der Waals surface area (Å²) in [6, 6.07) is 5.72. The number of fused-ring (bicyclic) bond motifs is 1. The van der Waals surface area contributed by atoms with E-state index in [0.29, 0.717) is 16.7 Å². The molecule has 1 aliphatic rings. The molecule has 0 bridgehead atoms. The molecule has 3 nitrogen and oxygen atoms in total. The zero-order chi connectivity index (χ0) is 12.5. The average molecular weight is 247 g/mol. The maximum atomic E-state index is 13.1. The number of carbonyl (C=O) groups excluding carboxylic acids is 1. The van der Waals surface area contributed by atoms with Gasteiger partial charge in [-0.15, -0.1) is 0 Å². The van der Waals surface area contributed by atoms with Gasteiger partial charge in [0.15, 0.2) is 5.76 Å². The first-order valence-electron chi connectivity index (χ1n) is 6.21. The molecular weight excluding hydrogens is 233 g/mol. The zero-order valence-corrected chi connectivity index (χ0v) is 9.91. The van der Waals surface area contributed by atoms with Crippen molar-refractivity contribution in [3.63, 3.8) is 0 Å². The van der Waals surface area contributed by atoms with E-state index in [2.05, 4.69) is 5.32 Å². The van der Waals surface area contributed by atoms with E-state index in [1.54, 1.807) is 12.1 Å². The zero-order valence-electron chi connectivity index (χ0n) is 9.91. The molecule has 2 aromatic rings. The summed E-state index contributed by atoms with van der Waals surface area (Å²) in [7, 11) is 0. The number of halogens is 1. The smallest absolute Gasteiger partial charge is 0.214 e. The minimum absolute atomic E-state index is 0.0358. The number of benzene rings is 1. The number of hydrogen-bond donors (Lipinski definition) is 1. The highest BCUT2D eigenvalue weighted by atomic mass is 19.1. The lowest BCUT2D eigenvalue weighted by molar-refractivity contribution is 0.0901. The first-order valence-corrected chi connectivity index (χ1v) is 6.21. The summed E-state index contributed by atoms with van der Waals surface area (Å²) in [5, 5.41) is 3.82. The van der Waals surface area contributed by atoms with Crippen LogP contribution in [0.4, 0.5) is 4.39 Å². The van der Waals surface area contributed by atoms with Crippen molar-refractivity contribution >= 4 is 16.8 Å². The molecule has 1 unspecified atom stereocenters. The first kappa shape index (κ1) is 11.4. The van der Waals surface area contributed by atoms with Crippen LogP contribution >= 0.6 is 0 Å². The maximum Gasteiger partial charge on any atom is 0.214 e. The van der Waals surface area contributed by atoms with E-state index in [-0.39, 0.29) is 17.6 Å². The second kappa shape index (κ2) is 4.53. The monoisotopic (exact) mass is 247 g/mol. The van der Waals surface area contributed by atoms with E-state index in [0.717, 1.165) is 25.8 Å². The molecule has 1 N–H and O–H groups in total. The van der Waals surface area contributed by atoms with Crippen molar-refractivity contribution in [2.75, 3.05) is 6.54 Å². The maximum absolute atomic E-state index is 13.1. The molecule has 1 aliphatic heterocycles. The van der Waals surface area contributed by atoms with E-state index < -0.39 is 0 Å². The van der Waals surface area contributed by atoms with Crippen LogP contribution in [-0.4, -0.2) is 18.4 Å². The molecule has 18 heavy (non-hydrogen) atoms. The van der Waals surface area contributed by atoms with Gasteiger partial charge in [0.05, 0.1) is 6.04 Å². The van der Waals surface area contributed by atoms with Crippen LogP contribution in [0.2, 0.25) is 0 Å². The molecule has 3 rings (SSSR count). The summed E-state index contributed by atoms with van der Waals surface area (Å²) in [5.41, 5.74) is 0.551. The molecule has 1 fully saturated rings. The molecule has 94 valence electrons. The Labute approximate surface area is 104 Å². The van der Waals surface area contributed by atoms with Gasteiger partial charge in [-0.3, -0.25) is 4.79 Å². The molecular formula is C14H14FNO2. The van der Waals surface area contributed by atoms with Crippen molar-refractivity contribution in [2.45, 2.75) is 25.3 Å². The lowest BCUT2D eigenvalue weighted by Gasteiger charge is -2.20. The second-order valence-electron chi connectivity index (χ2n) is 4.66. The number of nitrogens with one attached hydrogen (secondary N) is 1. The van der Waals surface area contributed by atoms with Gasteiger partial charge in [-0.2, -0.15) is 0 Å². The summed E-state index contributed by atoms with van der Waals surface area (Å²) in [4.78, 5) is 12.2. The molecule has 0 radical (unpaired) electrons. The Morgan fingerprint density at radius 1 is 1.33 bits per heavy atom. The Morgan fingerprint density at radius 2 is 2.22 bits per heavy atom. The van der Waals surface area contributed by atoms with Gasteiger partial charge in [0.1, 0.15) is 11.4 Å². The average Bonchev–Trinajstić information content (AvgIpc) is 2.81. The number of rotatable bonds is 2. The van der Waals surface area contributed by atoms with Gasteiger partial charge in [0.2, 0.25) is 5.78 Å². The van der Waals surface area contributed by atoms with Crippen LogP contribution in [0, 0.1) is 5.82 Å². The molecule has 1 aromatic heterocycles. The minimum atomic E-state index is -0.321. The fourth-order valence-electron chi connectivity index (χ4n) is 2.38. The van der Waals surface area contributed by atoms with Crippen molar-refractivity contribution in [3.05, 3.63) is 35.8 Å². The number of furan rings is 1. The number of piperidine rings is 1. The Balaban J connectivity index is 1.91. The predicted octanol–water partition coefficient (Wildman–Crippen LogP) is 2.90. The first-order chi connectivity index (χ1) is 8.74. The molecule has 0 saturated carbocycles. The predicted molar refractivity (Wildman–Crippen MR) is 66.1 cm³/mol. The van der Waals surface area contributed by atoms with E-state index in [1.807, 2.05) is 0 Å². The third-order valence-corrected chi connectivity index (χ3v) is 3.35. The van der Waals surface area contributed by atoms with E-state index in [1.165, 1.54) is 12.1 Å². The minimum Gasteiger partial charge on any atom is -0.453 e. The van der Waals surface area contributed by atoms with Gasteiger partial charge < -0.3 is 9.73 Å². The van der Waals surface area contributed by atoms with Crippen LogP contribution in [0.5, 0.6) is 0 Å². The molecule has 0 aliphatic carbocycles. The Hall–Kier alpha value is -1.68. The Bertz CT molecular complexity index is 584. The number of carbonyl (C=O) groups is 1. The van der Waals surface area contributed by atoms with Crippen LogP contribution < -0.4 is 5.32 Å². The Kier molecular flexibility index (Phi) is 2.88. The quantitative estimate of drug-likeness (QED) is 0.830. The molecule has 4 heteroatoms. The van der Waals surface area contributed by atoms with Gasteiger partial charge in [0.25, 0.3) is 0 Å². The van der Waals surface area contributed by atoms with Crippen molar-refractivity contribution in [2.24, 2.45) is 0 Å². The third kappa shape index (κ3) is 2.04. The van der Waals surface area contributed by atoms with Gasteiger partial charge in [-0.25, -0.2) is 4.39 Å². The number of ketones is 1. The summed E-state index contributed by atoms with van der Waals surface area (Å²) < 4.78 is 18.5. The van der Waals surface area contributed by atoms with Crippen molar-refractivity contribution in [1.29, 1.82) is 0 Å². The Morgan fingerprint density at radius 3 is 3.00 bits per heavy atom. The highest BCUT2D eigenvalue weighted by Crippen LogP contribution is 2.22. The van der Waals surface area contributed by atoms with E-state index in [4.69, 9.17) is 4.42 Å². The molecule has 1 saturated heterocycles. The summed E-state index contributed by atoms with van der Waals surface area (Å²) in [6.07, 6.45) is 3.00. The van der Waals surface area contributed by atoms with Crippen LogP contribution in [0.15, 0.2) is 28.7 Å². The highest BCUT2D eigenvalue weighted by Gasteiger charge is 2.24. The van der Waals surface area contributed by atoms with Crippen molar-refractivity contribution in [1.82, 2.24) is 5.32 Å². The molecule has 0 spiro atoms. The third-order valence-electron chi connectivity index (χ3n) is 3.35. The summed E-state index contributed by atoms with van der Waals surface area (Å²) in [5.74, 6) is -0.0422. The largest absolute Gasteiger partial charge is 0.453 e. The SMILES string of the molecule is O=C(c1cc2cc(F)ccc2o1)C1CCCCN1. The van der Waals surface area contributed by atoms with Gasteiger partial charge >= 0.3 is 0 Å². The highest BCUT2D eigenvalue weighted by molar-refractivity contribution is 6.01. The fraction of sp³-hybridized carbons (Fsp3) is 0.357. The number of hydrogen-bond acceptors (Lipinski definition) is 3. The molecule has 1 aromatic carbocycles. The normalized spacial score (nSPS) is 20.2. The summed E-state index contributed by atoms with van der Waals surface area (Å²) >= 11 is 0. The van der Waals surface area contributed by atoms with Crippen LogP contribution in [0.3, 0.4) is 0 Å². The van der Waals surface area contributed by atoms with E-state index in [9.17, 15) is 9.18 Å². The molecule has 2 heterocycles. The summed E-state index contributed by atoms with van der Waals surface area (Å²) in [6.45, 7) is 0.866. The number of Topliss-reactive ketones (excluding diaryl/α,β-unsaturated/α-hetero) is 1. The van der Waals surface area contributed by atoms with Crippen LogP contribution in [-0.2, 0) is 0 Å². The lowest BCUT2D eigenvalue weighted by Crippen LogP contribution is -2.40. The van der Waals surface area contributed by atoms with Crippen molar-refractivity contribution < 1.29 is 13.6 Å². The van der Waals surface area contributed by atoms with E-state index >= 15 is 0 Å². The van der Waals surface area contributed by atoms with Gasteiger partial charge in [0, 0.05) is 5.39 Å².